The van der Waals surface area contributed by atoms with Crippen molar-refractivity contribution in [1.82, 2.24) is 49.8 Å². The molecule has 0 unspecified atom stereocenters. The Balaban J connectivity index is 0.000000261. The molecule has 6 saturated carbocycles. The number of alkyl halides is 1. The van der Waals surface area contributed by atoms with E-state index in [4.69, 9.17) is 75.9 Å². The van der Waals surface area contributed by atoms with Gasteiger partial charge in [-0.2, -0.15) is 0 Å². The molecule has 637 valence electrons. The van der Waals surface area contributed by atoms with Gasteiger partial charge in [0, 0.05) is 169 Å². The van der Waals surface area contributed by atoms with Crippen molar-refractivity contribution in [3.63, 3.8) is 0 Å². The molecule has 5 aromatic heterocycles. The van der Waals surface area contributed by atoms with Crippen molar-refractivity contribution in [1.29, 1.82) is 0 Å². The zero-order valence-corrected chi connectivity index (χ0v) is 87.3. The average molecular weight is 2050 g/mol. The molecule has 19 rings (SSSR count). The summed E-state index contributed by atoms with van der Waals surface area (Å²) in [6.45, 7) is 5.64. The number of aromatic hydroxyl groups is 1. The Kier molecular flexibility index (Phi) is 45.9. The summed E-state index contributed by atoms with van der Waals surface area (Å²) in [5.41, 5.74) is 6.72. The Labute approximate surface area is 877 Å². The van der Waals surface area contributed by atoms with Crippen LogP contribution in [0.25, 0.3) is 22.1 Å². The number of nitrogens with zero attached hydrogens (tertiary/aromatic N) is 8. The third-order valence-corrected chi connectivity index (χ3v) is 23.5. The number of hydrogen-bond acceptors (Lipinski definition) is 27. The summed E-state index contributed by atoms with van der Waals surface area (Å²) in [7, 11) is 0. The van der Waals surface area contributed by atoms with Gasteiger partial charge >= 0.3 is 167 Å². The van der Waals surface area contributed by atoms with Gasteiger partial charge in [0.05, 0.1) is 92.4 Å². The van der Waals surface area contributed by atoms with E-state index in [1.54, 1.807) is 73.6 Å². The maximum atomic E-state index is 12.8. The number of H-pyrrole nitrogens is 2. The van der Waals surface area contributed by atoms with E-state index in [0.717, 1.165) is 182 Å². The van der Waals surface area contributed by atoms with Gasteiger partial charge in [-0.05, 0) is 137 Å². The molecule has 37 heteroatoms. The molecule has 9 aromatic rings. The molecule has 4 spiro atoms. The number of aromatic amines is 2. The number of aliphatic hydroxyl groups excluding tert-OH is 1. The van der Waals surface area contributed by atoms with Crippen LogP contribution in [0.3, 0.4) is 0 Å². The molecule has 6 aliphatic carbocycles. The van der Waals surface area contributed by atoms with Crippen molar-refractivity contribution in [3.8, 4) is 17.4 Å². The second kappa shape index (κ2) is 53.1. The second-order valence-electron chi connectivity index (χ2n) is 29.7. The molecule has 29 nitrogen and oxygen atoms in total. The number of para-hydroxylation sites is 4. The molecule has 4 aromatic carbocycles. The number of aliphatic hydroxyl groups is 1. The molecule has 4 saturated heterocycles. The maximum absolute atomic E-state index is 12.8. The summed E-state index contributed by atoms with van der Waals surface area (Å²) in [6.07, 6.45) is 29.8. The third kappa shape index (κ3) is 30.9. The number of carbonyl (C=O) groups excluding carboxylic acids is 6. The Morgan fingerprint density at radius 1 is 0.475 bits per heavy atom. The van der Waals surface area contributed by atoms with Crippen molar-refractivity contribution in [2.24, 2.45) is 0 Å². The van der Waals surface area contributed by atoms with Crippen LogP contribution in [0.1, 0.15) is 224 Å². The topological polar surface area (TPSA) is 393 Å². The monoisotopic (exact) mass is 2050 g/mol. The quantitative estimate of drug-likeness (QED) is 0.0336. The molecular weight excluding hydrogens is 1950 g/mol. The largest absolute Gasteiger partial charge is 1.00 e. The van der Waals surface area contributed by atoms with Gasteiger partial charge in [-0.1, -0.05) is 63.4 Å². The van der Waals surface area contributed by atoms with Gasteiger partial charge < -0.3 is 75.8 Å². The summed E-state index contributed by atoms with van der Waals surface area (Å²) in [5.74, 6) is 2.06. The number of phenolic OH excluding ortho intramolecular Hbond substituents is 1. The van der Waals surface area contributed by atoms with E-state index < -0.39 is 0 Å². The van der Waals surface area contributed by atoms with Gasteiger partial charge in [-0.25, -0.2) is 24.9 Å². The summed E-state index contributed by atoms with van der Waals surface area (Å²) >= 11 is 15.6. The minimum atomic E-state index is -0.367. The van der Waals surface area contributed by atoms with Crippen LogP contribution in [-0.4, -0.2) is 191 Å². The summed E-state index contributed by atoms with van der Waals surface area (Å²) < 4.78 is 50.5. The molecule has 9 heterocycles. The minimum absolute atomic E-state index is 0. The molecule has 0 amide bonds. The van der Waals surface area contributed by atoms with Crippen LogP contribution in [0.15, 0.2) is 134 Å². The number of benzene rings is 4. The molecular formula is C85H99BBrCl3Cs2N10NaO19. The van der Waals surface area contributed by atoms with Gasteiger partial charge in [0.1, 0.15) is 34.5 Å². The fourth-order valence-electron chi connectivity index (χ4n) is 15.6. The second-order valence-corrected chi connectivity index (χ2v) is 31.7. The number of rotatable bonds is 10. The number of halogens is 4. The Hall–Kier alpha value is -3.40. The van der Waals surface area contributed by atoms with E-state index in [9.17, 15) is 34.2 Å². The van der Waals surface area contributed by atoms with E-state index in [-0.39, 0.29) is 250 Å². The first-order chi connectivity index (χ1) is 56.8. The van der Waals surface area contributed by atoms with Crippen LogP contribution in [0.5, 0.6) is 17.4 Å². The Morgan fingerprint density at radius 3 is 1.20 bits per heavy atom. The van der Waals surface area contributed by atoms with E-state index in [1.165, 1.54) is 25.0 Å². The number of aromatic nitrogens is 10. The zero-order valence-electron chi connectivity index (χ0n) is 70.8. The van der Waals surface area contributed by atoms with Crippen LogP contribution in [0, 0.1) is 0 Å². The molecule has 10 fully saturated rings. The van der Waals surface area contributed by atoms with Gasteiger partial charge in [0.15, 0.2) is 45.1 Å². The normalized spacial score (nSPS) is 20.2. The first-order valence-electron chi connectivity index (χ1n) is 39.8. The van der Waals surface area contributed by atoms with Crippen molar-refractivity contribution < 1.29 is 262 Å². The van der Waals surface area contributed by atoms with Crippen molar-refractivity contribution >= 4 is 117 Å². The van der Waals surface area contributed by atoms with Crippen LogP contribution >= 0.6 is 51.5 Å². The molecule has 122 heavy (non-hydrogen) atoms. The van der Waals surface area contributed by atoms with Gasteiger partial charge in [-0.15, -0.1) is 12.4 Å². The van der Waals surface area contributed by atoms with E-state index in [1.807, 2.05) is 48.5 Å². The predicted octanol–water partition coefficient (Wildman–Crippen LogP) is 5.31. The van der Waals surface area contributed by atoms with Gasteiger partial charge in [0.25, 0.3) is 6.47 Å². The SMILES string of the molecule is BrC1CCC2(CC1)OCCO2.Cl.Clc1nccnc1C1CCC2(CC1)OCCO2.O=C(c1ccc(O)cc1)c1nc2ccccc2[nH]1.O=C1CCC(c2nccnc2Cl)CC1.O=C1CCC(c2nccnc2Oc2ccc(C(=O)c3nc4ccccc4[nH]3)cc2)CC1.O=C1CCC2(CC1)OCCO2.O=CO[O-].OC1CCC2(CC1)OCCO2.[B].[Cs+].[Cs+].[H-].[H-].[Na+]. The molecule has 4 N–H and O–H groups in total. The fourth-order valence-corrected chi connectivity index (χ4v) is 16.6. The van der Waals surface area contributed by atoms with Crippen molar-refractivity contribution in [3.05, 3.63) is 184 Å². The van der Waals surface area contributed by atoms with Crippen LogP contribution in [-0.2, 0) is 62.0 Å². The van der Waals surface area contributed by atoms with Gasteiger partial charge in [0.2, 0.25) is 17.4 Å². The van der Waals surface area contributed by atoms with Crippen LogP contribution in [0.2, 0.25) is 10.3 Å². The van der Waals surface area contributed by atoms with Crippen molar-refractivity contribution in [2.45, 2.75) is 206 Å². The van der Waals surface area contributed by atoms with Gasteiger partial charge in [-0.3, -0.25) is 43.7 Å². The third-order valence-electron chi connectivity index (χ3n) is 22.0. The number of ether oxygens (including phenoxy) is 9. The maximum Gasteiger partial charge on any atom is 1.00 e. The number of fused-ring (bicyclic) bond motifs is 2. The molecule has 4 aliphatic heterocycles. The number of carbonyl (C=O) groups is 6. The Morgan fingerprint density at radius 2 is 0.803 bits per heavy atom. The Bertz CT molecular complexity index is 4640. The number of ketones is 5. The number of phenols is 1. The molecule has 0 atom stereocenters. The van der Waals surface area contributed by atoms with Crippen LogP contribution < -0.4 is 177 Å². The van der Waals surface area contributed by atoms with Crippen molar-refractivity contribution in [2.75, 3.05) is 52.9 Å². The van der Waals surface area contributed by atoms with E-state index in [0.29, 0.717) is 130 Å². The number of imidazole rings is 2. The minimum Gasteiger partial charge on any atom is -1.00 e. The average Bonchev–Trinajstić information content (AvgIpc) is 1.66. The molecule has 10 aliphatic rings. The van der Waals surface area contributed by atoms with E-state index in [2.05, 4.69) is 70.7 Å². The standard InChI is InChI=1S/C24H20N4O3.C14H10N2O2.C12H15ClN2O2.C10H11ClN2O.C8H13BrO2.C8H14O3.C8H12O3.CH2O3.B.ClH.2Cs.Na.2H/c29-17-9-5-15(6-10-17)21-24(26-14-13-25-21)31-18-11-7-16(8-12-18)22(30)23-27-19-3-1-2-4-20(19)28-23;17-10-7-5-9(6-8-10)13(18)14-15-11-3-1-2-4-12(11)16-14;13-11-10(14-5-6-15-11)9-1-3-12(4-2-9)16-7-8-17-12;11-10-9(12-5-6-13-10)7-1-3-8(14)4-2-7;3*9-7-1-3-8(4-2-7)10-5-6-11-8;2-1-4-3;;;;;;;/h1-4,7-8,11-15H,5-6,9-10H2,(H,27,28);1-8,17H,(H,15,16);5-6,9H,1-4,7-8H2;5-7H,1-4H2;7H,1-6H2;7,9H,1-6H2;1-6H2;1,3H;;1H;;;;;/q;;;;;;;;;;3*+1;2*-1/p-1. The summed E-state index contributed by atoms with van der Waals surface area (Å²) in [6, 6.07) is 28.0. The number of nitrogens with one attached hydrogen (secondary N) is 2. The first kappa shape index (κ1) is 106. The molecule has 3 radical (unpaired) electrons. The number of Topliss-reactive ketones (excluding diaryl/α,β-unsaturated/α-hetero) is 3. The summed E-state index contributed by atoms with van der Waals surface area (Å²) in [5, 5.41) is 27.9. The fraction of sp³-hybridized carbons (Fsp3) is 0.482. The summed E-state index contributed by atoms with van der Waals surface area (Å²) in [4.78, 5) is 110. The van der Waals surface area contributed by atoms with Crippen LogP contribution in [0.4, 0.5) is 0 Å². The smallest absolute Gasteiger partial charge is 1.00 e. The number of hydrogen-bond donors (Lipinski definition) is 4. The molecule has 0 bridgehead atoms. The van der Waals surface area contributed by atoms with E-state index >= 15 is 0 Å². The predicted molar refractivity (Wildman–Crippen MR) is 443 cm³/mol. The first-order valence-corrected chi connectivity index (χ1v) is 41.5. The zero-order chi connectivity index (χ0) is 82.0.